The molecule has 2 atom stereocenters. The fraction of sp³-hybridized carbons (Fsp3) is 0.737. The quantitative estimate of drug-likeness (QED) is 0.829. The van der Waals surface area contributed by atoms with Gasteiger partial charge < -0.3 is 14.7 Å². The summed E-state index contributed by atoms with van der Waals surface area (Å²) in [5.41, 5.74) is 2.29. The van der Waals surface area contributed by atoms with Crippen LogP contribution < -0.4 is 4.90 Å². The van der Waals surface area contributed by atoms with Crippen molar-refractivity contribution in [3.63, 3.8) is 0 Å². The molecule has 1 aromatic heterocycles. The number of anilines is 1. The summed E-state index contributed by atoms with van der Waals surface area (Å²) in [5, 5.41) is 0. The monoisotopic (exact) mass is 343 g/mol. The van der Waals surface area contributed by atoms with Crippen LogP contribution in [0.3, 0.4) is 0 Å². The van der Waals surface area contributed by atoms with Crippen molar-refractivity contribution in [2.24, 2.45) is 11.8 Å². The lowest BCUT2D eigenvalue weighted by Crippen LogP contribution is -2.41. The molecule has 1 aromatic rings. The van der Waals surface area contributed by atoms with Gasteiger partial charge in [0, 0.05) is 63.5 Å². The molecule has 0 radical (unpaired) electrons. The van der Waals surface area contributed by atoms with Gasteiger partial charge in [-0.25, -0.2) is 9.97 Å². The van der Waals surface area contributed by atoms with Crippen LogP contribution >= 0.6 is 0 Å². The van der Waals surface area contributed by atoms with Gasteiger partial charge in [-0.1, -0.05) is 0 Å². The third-order valence-electron chi connectivity index (χ3n) is 6.28. The average Bonchev–Trinajstić information content (AvgIpc) is 3.15. The molecule has 1 amide bonds. The molecule has 25 heavy (non-hydrogen) atoms. The largest absolute Gasteiger partial charge is 0.356 e. The first-order valence-corrected chi connectivity index (χ1v) is 9.65. The third kappa shape index (κ3) is 3.36. The van der Waals surface area contributed by atoms with Crippen LogP contribution in [-0.4, -0.2) is 71.5 Å². The van der Waals surface area contributed by atoms with Crippen LogP contribution in [0.25, 0.3) is 0 Å². The molecule has 3 aliphatic heterocycles. The average molecular weight is 343 g/mol. The van der Waals surface area contributed by atoms with E-state index in [0.717, 1.165) is 82.0 Å². The zero-order valence-electron chi connectivity index (χ0n) is 15.4. The van der Waals surface area contributed by atoms with E-state index >= 15 is 0 Å². The normalized spacial score (nSPS) is 27.2. The maximum atomic E-state index is 11.9. The zero-order valence-corrected chi connectivity index (χ0v) is 15.4. The van der Waals surface area contributed by atoms with E-state index in [1.54, 1.807) is 6.33 Å². The number of rotatable bonds is 4. The lowest BCUT2D eigenvalue weighted by Gasteiger charge is -2.29. The molecule has 2 unspecified atom stereocenters. The van der Waals surface area contributed by atoms with Crippen LogP contribution in [0.5, 0.6) is 0 Å². The highest BCUT2D eigenvalue weighted by molar-refractivity contribution is 5.76. The number of carbonyl (C=O) groups is 1. The molecule has 3 fully saturated rings. The minimum Gasteiger partial charge on any atom is -0.356 e. The summed E-state index contributed by atoms with van der Waals surface area (Å²) in [6.07, 6.45) is 4.68. The topological polar surface area (TPSA) is 52.6 Å². The van der Waals surface area contributed by atoms with Crippen LogP contribution in [0, 0.1) is 25.7 Å². The Morgan fingerprint density at radius 3 is 2.52 bits per heavy atom. The number of carbonyl (C=O) groups excluding carboxylic acids is 1. The third-order valence-corrected chi connectivity index (χ3v) is 6.28. The van der Waals surface area contributed by atoms with Crippen molar-refractivity contribution in [3.8, 4) is 0 Å². The zero-order chi connectivity index (χ0) is 17.4. The highest BCUT2D eigenvalue weighted by Crippen LogP contribution is 2.34. The number of hydrogen-bond acceptors (Lipinski definition) is 5. The minimum absolute atomic E-state index is 0.353. The van der Waals surface area contributed by atoms with E-state index < -0.39 is 0 Å². The van der Waals surface area contributed by atoms with Crippen LogP contribution in [0.1, 0.15) is 30.5 Å². The Kier molecular flexibility index (Phi) is 4.63. The first kappa shape index (κ1) is 16.8. The number of amides is 1. The van der Waals surface area contributed by atoms with Crippen LogP contribution in [0.4, 0.5) is 5.82 Å². The SMILES string of the molecule is Cc1ncnc(N2CC3CN(CCN4CCCCC4=O)CC3C2)c1C. The second kappa shape index (κ2) is 6.90. The molecule has 4 heterocycles. The maximum absolute atomic E-state index is 11.9. The van der Waals surface area contributed by atoms with E-state index in [0.29, 0.717) is 5.91 Å². The number of piperidine rings is 1. The van der Waals surface area contributed by atoms with Gasteiger partial charge in [-0.05, 0) is 38.5 Å². The van der Waals surface area contributed by atoms with Crippen LogP contribution in [0.15, 0.2) is 6.33 Å². The summed E-state index contributed by atoms with van der Waals surface area (Å²) in [6, 6.07) is 0. The molecule has 0 N–H and O–H groups in total. The van der Waals surface area contributed by atoms with Crippen molar-refractivity contribution < 1.29 is 4.79 Å². The molecule has 6 nitrogen and oxygen atoms in total. The van der Waals surface area contributed by atoms with Crippen molar-refractivity contribution >= 4 is 11.7 Å². The lowest BCUT2D eigenvalue weighted by atomic mass is 10.0. The first-order valence-electron chi connectivity index (χ1n) is 9.65. The predicted molar refractivity (Wildman–Crippen MR) is 97.6 cm³/mol. The molecular formula is C19H29N5O. The minimum atomic E-state index is 0.353. The van der Waals surface area contributed by atoms with E-state index in [1.807, 2.05) is 0 Å². The summed E-state index contributed by atoms with van der Waals surface area (Å²) in [6.45, 7) is 11.6. The number of likely N-dealkylation sites (tertiary alicyclic amines) is 2. The molecule has 3 aliphatic rings. The molecular weight excluding hydrogens is 314 g/mol. The number of nitrogens with zero attached hydrogens (tertiary/aromatic N) is 5. The van der Waals surface area contributed by atoms with Crippen LogP contribution in [-0.2, 0) is 4.79 Å². The molecule has 0 bridgehead atoms. The molecule has 0 saturated carbocycles. The molecule has 0 aliphatic carbocycles. The Hall–Kier alpha value is -1.69. The first-order chi connectivity index (χ1) is 12.1. The van der Waals surface area contributed by atoms with E-state index in [2.05, 4.69) is 38.5 Å². The Labute approximate surface area is 150 Å². The summed E-state index contributed by atoms with van der Waals surface area (Å²) < 4.78 is 0. The van der Waals surface area contributed by atoms with Gasteiger partial charge in [0.1, 0.15) is 12.1 Å². The van der Waals surface area contributed by atoms with Crippen molar-refractivity contribution in [3.05, 3.63) is 17.6 Å². The summed E-state index contributed by atoms with van der Waals surface area (Å²) in [5.74, 6) is 2.93. The number of fused-ring (bicyclic) bond motifs is 1. The number of hydrogen-bond donors (Lipinski definition) is 0. The van der Waals surface area contributed by atoms with Crippen molar-refractivity contribution in [2.45, 2.75) is 33.1 Å². The molecule has 4 rings (SSSR count). The van der Waals surface area contributed by atoms with Crippen molar-refractivity contribution in [2.75, 3.05) is 50.7 Å². The molecule has 136 valence electrons. The van der Waals surface area contributed by atoms with Gasteiger partial charge in [-0.3, -0.25) is 4.79 Å². The molecule has 6 heteroatoms. The second-order valence-electron chi connectivity index (χ2n) is 7.93. The van der Waals surface area contributed by atoms with Crippen molar-refractivity contribution in [1.29, 1.82) is 0 Å². The molecule has 3 saturated heterocycles. The summed E-state index contributed by atoms with van der Waals surface area (Å²) in [4.78, 5) is 27.8. The van der Waals surface area contributed by atoms with Gasteiger partial charge in [0.25, 0.3) is 0 Å². The molecule has 0 spiro atoms. The second-order valence-corrected chi connectivity index (χ2v) is 7.93. The fourth-order valence-electron chi connectivity index (χ4n) is 4.65. The molecule has 0 aromatic carbocycles. The lowest BCUT2D eigenvalue weighted by molar-refractivity contribution is -0.133. The van der Waals surface area contributed by atoms with Gasteiger partial charge in [-0.15, -0.1) is 0 Å². The maximum Gasteiger partial charge on any atom is 0.222 e. The summed E-state index contributed by atoms with van der Waals surface area (Å²) in [7, 11) is 0. The fourth-order valence-corrected chi connectivity index (χ4v) is 4.65. The van der Waals surface area contributed by atoms with E-state index in [-0.39, 0.29) is 0 Å². The highest BCUT2D eigenvalue weighted by atomic mass is 16.2. The van der Waals surface area contributed by atoms with E-state index in [9.17, 15) is 4.79 Å². The van der Waals surface area contributed by atoms with Crippen molar-refractivity contribution in [1.82, 2.24) is 19.8 Å². The highest BCUT2D eigenvalue weighted by Gasteiger charge is 2.40. The van der Waals surface area contributed by atoms with Gasteiger partial charge in [-0.2, -0.15) is 0 Å². The van der Waals surface area contributed by atoms with Gasteiger partial charge >= 0.3 is 0 Å². The summed E-state index contributed by atoms with van der Waals surface area (Å²) >= 11 is 0. The predicted octanol–water partition coefficient (Wildman–Crippen LogP) is 1.47. The smallest absolute Gasteiger partial charge is 0.222 e. The van der Waals surface area contributed by atoms with Crippen LogP contribution in [0.2, 0.25) is 0 Å². The standard InChI is InChI=1S/C19H29N5O/c1-14-15(2)20-13-21-19(14)24-11-16-9-22(10-17(16)12-24)7-8-23-6-4-3-5-18(23)25/h13,16-17H,3-12H2,1-2H3. The Balaban J connectivity index is 1.30. The van der Waals surface area contributed by atoms with E-state index in [1.165, 1.54) is 12.0 Å². The Morgan fingerprint density at radius 2 is 1.80 bits per heavy atom. The van der Waals surface area contributed by atoms with E-state index in [4.69, 9.17) is 0 Å². The Bertz CT molecular complexity index is 635. The van der Waals surface area contributed by atoms with Gasteiger partial charge in [0.2, 0.25) is 5.91 Å². The number of aromatic nitrogens is 2. The van der Waals surface area contributed by atoms with Gasteiger partial charge in [0.15, 0.2) is 0 Å². The van der Waals surface area contributed by atoms with Gasteiger partial charge in [0.05, 0.1) is 0 Å². The Morgan fingerprint density at radius 1 is 1.04 bits per heavy atom. The number of aryl methyl sites for hydroxylation is 1.